The minimum absolute atomic E-state index is 0.154. The Morgan fingerprint density at radius 3 is 2.29 bits per heavy atom. The zero-order chi connectivity index (χ0) is 18.3. The second kappa shape index (κ2) is 6.42. The van der Waals surface area contributed by atoms with Gasteiger partial charge in [0.1, 0.15) is 0 Å². The van der Waals surface area contributed by atoms with Gasteiger partial charge in [-0.05, 0) is 30.4 Å². The van der Waals surface area contributed by atoms with Gasteiger partial charge in [0.05, 0.1) is 18.6 Å². The number of carbonyl (C=O) groups excluding carboxylic acids is 1. The Labute approximate surface area is 134 Å². The predicted molar refractivity (Wildman–Crippen MR) is 72.8 cm³/mol. The van der Waals surface area contributed by atoms with E-state index >= 15 is 0 Å². The summed E-state index contributed by atoms with van der Waals surface area (Å²) in [6, 6.07) is 0. The Morgan fingerprint density at radius 1 is 1.17 bits per heavy atom. The van der Waals surface area contributed by atoms with E-state index in [0.29, 0.717) is 0 Å². The van der Waals surface area contributed by atoms with Gasteiger partial charge in [-0.1, -0.05) is 13.0 Å². The molecule has 24 heavy (non-hydrogen) atoms. The number of halogens is 6. The Balaban J connectivity index is 2.44. The minimum Gasteiger partial charge on any atom is -0.469 e. The number of hydrogen-bond acceptors (Lipinski definition) is 3. The highest BCUT2D eigenvalue weighted by atomic mass is 19.4. The molecule has 0 saturated carbocycles. The van der Waals surface area contributed by atoms with E-state index in [1.54, 1.807) is 0 Å². The fraction of sp³-hybridized carbons (Fsp3) is 0.667. The monoisotopic (exact) mass is 357 g/mol. The van der Waals surface area contributed by atoms with Crippen LogP contribution in [-0.4, -0.2) is 38.5 Å². The van der Waals surface area contributed by atoms with Gasteiger partial charge in [-0.2, -0.15) is 26.3 Å². The highest BCUT2D eigenvalue weighted by molar-refractivity contribution is 5.73. The third-order valence-corrected chi connectivity index (χ3v) is 4.67. The first-order valence-electron chi connectivity index (χ1n) is 7.33. The Kier molecular flexibility index (Phi) is 5.03. The summed E-state index contributed by atoms with van der Waals surface area (Å²) in [5, 5.41) is 2.85. The SMILES string of the molecule is COC(=O)[C@H]1CNC[C@@H]1C1C=C(C(F)(F)F)C=C(C(F)(F)F)C1C. The van der Waals surface area contributed by atoms with Crippen LogP contribution in [0.5, 0.6) is 0 Å². The zero-order valence-corrected chi connectivity index (χ0v) is 13.0. The molecule has 9 heteroatoms. The first-order valence-corrected chi connectivity index (χ1v) is 7.33. The van der Waals surface area contributed by atoms with Gasteiger partial charge in [0.25, 0.3) is 0 Å². The molecule has 1 N–H and O–H groups in total. The lowest BCUT2D eigenvalue weighted by molar-refractivity contribution is -0.146. The topological polar surface area (TPSA) is 38.3 Å². The molecule has 4 atom stereocenters. The molecule has 2 rings (SSSR count). The van der Waals surface area contributed by atoms with E-state index in [4.69, 9.17) is 0 Å². The van der Waals surface area contributed by atoms with Gasteiger partial charge < -0.3 is 10.1 Å². The van der Waals surface area contributed by atoms with E-state index < -0.39 is 53.1 Å². The molecule has 3 nitrogen and oxygen atoms in total. The molecule has 0 spiro atoms. The summed E-state index contributed by atoms with van der Waals surface area (Å²) >= 11 is 0. The number of carbonyl (C=O) groups is 1. The van der Waals surface area contributed by atoms with E-state index in [0.717, 1.165) is 13.2 Å². The van der Waals surface area contributed by atoms with Crippen LogP contribution in [0.1, 0.15) is 6.92 Å². The predicted octanol–water partition coefficient (Wildman–Crippen LogP) is 3.24. The molecule has 1 aliphatic carbocycles. The maximum Gasteiger partial charge on any atom is 0.416 e. The zero-order valence-electron chi connectivity index (χ0n) is 13.0. The van der Waals surface area contributed by atoms with Gasteiger partial charge >= 0.3 is 18.3 Å². The van der Waals surface area contributed by atoms with Crippen molar-refractivity contribution in [1.29, 1.82) is 0 Å². The molecule has 0 aromatic heterocycles. The van der Waals surface area contributed by atoms with Gasteiger partial charge in [0, 0.05) is 12.1 Å². The Hall–Kier alpha value is -1.51. The average molecular weight is 357 g/mol. The van der Waals surface area contributed by atoms with Crippen LogP contribution in [0.4, 0.5) is 26.3 Å². The van der Waals surface area contributed by atoms with Crippen molar-refractivity contribution in [3.05, 3.63) is 23.3 Å². The maximum absolute atomic E-state index is 13.2. The van der Waals surface area contributed by atoms with Crippen molar-refractivity contribution < 1.29 is 35.9 Å². The van der Waals surface area contributed by atoms with Crippen LogP contribution in [-0.2, 0) is 9.53 Å². The average Bonchev–Trinajstić information content (AvgIpc) is 2.93. The number of allylic oxidation sites excluding steroid dienone is 4. The lowest BCUT2D eigenvalue weighted by Gasteiger charge is -2.35. The van der Waals surface area contributed by atoms with E-state index in [2.05, 4.69) is 10.1 Å². The number of rotatable bonds is 2. The highest BCUT2D eigenvalue weighted by Gasteiger charge is 2.49. The van der Waals surface area contributed by atoms with Crippen molar-refractivity contribution in [2.75, 3.05) is 20.2 Å². The Bertz CT molecular complexity index is 563. The lowest BCUT2D eigenvalue weighted by atomic mass is 9.70. The molecule has 0 aromatic rings. The number of alkyl halides is 6. The van der Waals surface area contributed by atoms with Gasteiger partial charge in [0.15, 0.2) is 0 Å². The van der Waals surface area contributed by atoms with Gasteiger partial charge in [-0.15, -0.1) is 0 Å². The van der Waals surface area contributed by atoms with E-state index in [1.165, 1.54) is 6.92 Å². The van der Waals surface area contributed by atoms with E-state index in [1.807, 2.05) is 0 Å². The summed E-state index contributed by atoms with van der Waals surface area (Å²) in [6.45, 7) is 1.56. The first kappa shape index (κ1) is 18.8. The largest absolute Gasteiger partial charge is 0.469 e. The minimum atomic E-state index is -4.89. The highest BCUT2D eigenvalue weighted by Crippen LogP contribution is 2.46. The second-order valence-corrected chi connectivity index (χ2v) is 6.03. The number of esters is 1. The summed E-state index contributed by atoms with van der Waals surface area (Å²) in [5.41, 5.74) is -2.55. The normalized spacial score (nSPS) is 31.5. The van der Waals surface area contributed by atoms with Crippen LogP contribution in [0.15, 0.2) is 23.3 Å². The van der Waals surface area contributed by atoms with Crippen molar-refractivity contribution in [1.82, 2.24) is 5.32 Å². The van der Waals surface area contributed by atoms with Crippen LogP contribution in [0.3, 0.4) is 0 Å². The number of hydrogen-bond donors (Lipinski definition) is 1. The molecule has 1 heterocycles. The molecule has 1 fully saturated rings. The fourth-order valence-electron chi connectivity index (χ4n) is 3.43. The van der Waals surface area contributed by atoms with Crippen molar-refractivity contribution in [2.45, 2.75) is 19.3 Å². The Morgan fingerprint density at radius 2 is 1.79 bits per heavy atom. The van der Waals surface area contributed by atoms with Crippen LogP contribution in [0, 0.1) is 23.7 Å². The van der Waals surface area contributed by atoms with Gasteiger partial charge in [0.2, 0.25) is 0 Å². The summed E-state index contributed by atoms with van der Waals surface area (Å²) < 4.78 is 83.2. The summed E-state index contributed by atoms with van der Waals surface area (Å²) in [5.74, 6) is -4.37. The van der Waals surface area contributed by atoms with Gasteiger partial charge in [-0.25, -0.2) is 0 Å². The second-order valence-electron chi connectivity index (χ2n) is 6.03. The summed E-state index contributed by atoms with van der Waals surface area (Å²) in [4.78, 5) is 11.8. The molecule has 2 aliphatic rings. The van der Waals surface area contributed by atoms with E-state index in [9.17, 15) is 31.1 Å². The molecule has 0 aromatic carbocycles. The fourth-order valence-corrected chi connectivity index (χ4v) is 3.43. The van der Waals surface area contributed by atoms with Crippen molar-refractivity contribution in [3.8, 4) is 0 Å². The van der Waals surface area contributed by atoms with Crippen molar-refractivity contribution >= 4 is 5.97 Å². The van der Waals surface area contributed by atoms with E-state index in [-0.39, 0.29) is 19.2 Å². The third-order valence-electron chi connectivity index (χ3n) is 4.67. The third kappa shape index (κ3) is 3.60. The molecule has 1 aliphatic heterocycles. The molecule has 0 radical (unpaired) electrons. The molecule has 136 valence electrons. The molecular weight excluding hydrogens is 340 g/mol. The molecule has 0 bridgehead atoms. The molecule has 2 unspecified atom stereocenters. The van der Waals surface area contributed by atoms with Crippen LogP contribution in [0.25, 0.3) is 0 Å². The number of methoxy groups -OCH3 is 1. The quantitative estimate of drug-likeness (QED) is 0.609. The maximum atomic E-state index is 13.2. The van der Waals surface area contributed by atoms with Gasteiger partial charge in [-0.3, -0.25) is 4.79 Å². The van der Waals surface area contributed by atoms with Crippen molar-refractivity contribution in [3.63, 3.8) is 0 Å². The van der Waals surface area contributed by atoms with Crippen molar-refractivity contribution in [2.24, 2.45) is 23.7 Å². The standard InChI is InChI=1S/C15H17F6NO2/c1-7-9(10-5-22-6-11(10)13(23)24-2)3-8(14(16,17)18)4-12(7)15(19,20)21/h3-4,7,9-11,22H,5-6H2,1-2H3/t7?,9?,10-,11+/m1/s1. The number of ether oxygens (including phenoxy) is 1. The molecule has 1 saturated heterocycles. The smallest absolute Gasteiger partial charge is 0.416 e. The molecule has 0 amide bonds. The first-order chi connectivity index (χ1) is 11.0. The molecular formula is C15H17F6NO2. The summed E-state index contributed by atoms with van der Waals surface area (Å²) in [7, 11) is 1.14. The van der Waals surface area contributed by atoms with Crippen LogP contribution < -0.4 is 5.32 Å². The van der Waals surface area contributed by atoms with Crippen LogP contribution >= 0.6 is 0 Å². The number of nitrogens with one attached hydrogen (secondary N) is 1. The lowest BCUT2D eigenvalue weighted by Crippen LogP contribution is -2.37. The van der Waals surface area contributed by atoms with Crippen LogP contribution in [0.2, 0.25) is 0 Å². The summed E-state index contributed by atoms with van der Waals surface area (Å²) in [6.07, 6.45) is -8.78.